The minimum atomic E-state index is 0.483. The molecule has 0 aromatic rings. The first kappa shape index (κ1) is 19.6. The van der Waals surface area contributed by atoms with Crippen LogP contribution in [-0.2, 0) is 0 Å². The highest BCUT2D eigenvalue weighted by atomic mass is 15.2. The summed E-state index contributed by atoms with van der Waals surface area (Å²) >= 11 is 0. The van der Waals surface area contributed by atoms with Crippen molar-refractivity contribution < 1.29 is 0 Å². The maximum Gasteiger partial charge on any atom is 0.191 e. The van der Waals surface area contributed by atoms with Gasteiger partial charge in [0.2, 0.25) is 0 Å². The quantitative estimate of drug-likeness (QED) is 0.447. The molecular weight excluding hydrogens is 296 g/mol. The predicted molar refractivity (Wildman–Crippen MR) is 105 cm³/mol. The third-order valence-electron chi connectivity index (χ3n) is 6.08. The Morgan fingerprint density at radius 3 is 2.42 bits per heavy atom. The number of hydrogen-bond donors (Lipinski definition) is 2. The molecule has 0 heterocycles. The second-order valence-corrected chi connectivity index (χ2v) is 7.90. The SMILES string of the molecule is CCNC(=NCC1(C2CC2)CCC1)NC(C)CCCN(CC)CC. The molecule has 0 saturated heterocycles. The van der Waals surface area contributed by atoms with Crippen molar-refractivity contribution in [2.75, 3.05) is 32.7 Å². The van der Waals surface area contributed by atoms with Gasteiger partial charge in [0.05, 0.1) is 0 Å². The summed E-state index contributed by atoms with van der Waals surface area (Å²) < 4.78 is 0. The first-order chi connectivity index (χ1) is 11.6. The number of hydrogen-bond acceptors (Lipinski definition) is 2. The Hall–Kier alpha value is -0.770. The highest BCUT2D eigenvalue weighted by molar-refractivity contribution is 5.80. The number of aliphatic imine (C=N–C) groups is 1. The van der Waals surface area contributed by atoms with Crippen molar-refractivity contribution in [3.05, 3.63) is 0 Å². The molecule has 2 saturated carbocycles. The van der Waals surface area contributed by atoms with Gasteiger partial charge in [0.25, 0.3) is 0 Å². The predicted octanol–water partition coefficient (Wildman–Crippen LogP) is 3.63. The van der Waals surface area contributed by atoms with E-state index in [1.807, 2.05) is 0 Å². The average Bonchev–Trinajstić information content (AvgIpc) is 3.36. The molecule has 0 aliphatic heterocycles. The fraction of sp³-hybridized carbons (Fsp3) is 0.950. The molecule has 2 aliphatic carbocycles. The molecule has 0 aromatic carbocycles. The minimum absolute atomic E-state index is 0.483. The van der Waals surface area contributed by atoms with Crippen LogP contribution >= 0.6 is 0 Å². The molecule has 4 heteroatoms. The lowest BCUT2D eigenvalue weighted by Crippen LogP contribution is -2.44. The van der Waals surface area contributed by atoms with Gasteiger partial charge in [-0.2, -0.15) is 0 Å². The molecule has 0 bridgehead atoms. The van der Waals surface area contributed by atoms with Gasteiger partial charge in [-0.3, -0.25) is 4.99 Å². The zero-order chi connectivity index (χ0) is 17.4. The van der Waals surface area contributed by atoms with Gasteiger partial charge in [0, 0.05) is 19.1 Å². The second kappa shape index (κ2) is 9.65. The second-order valence-electron chi connectivity index (χ2n) is 7.90. The van der Waals surface area contributed by atoms with Gasteiger partial charge < -0.3 is 15.5 Å². The van der Waals surface area contributed by atoms with Crippen LogP contribution in [0.25, 0.3) is 0 Å². The Labute approximate surface area is 149 Å². The summed E-state index contributed by atoms with van der Waals surface area (Å²) in [6, 6.07) is 0.483. The molecule has 0 radical (unpaired) electrons. The van der Waals surface area contributed by atoms with Gasteiger partial charge in [-0.15, -0.1) is 0 Å². The van der Waals surface area contributed by atoms with Crippen LogP contribution in [0.3, 0.4) is 0 Å². The summed E-state index contributed by atoms with van der Waals surface area (Å²) in [5.41, 5.74) is 0.564. The van der Waals surface area contributed by atoms with Crippen LogP contribution < -0.4 is 10.6 Å². The normalized spacial score (nSPS) is 21.5. The van der Waals surface area contributed by atoms with Crippen LogP contribution in [0.2, 0.25) is 0 Å². The van der Waals surface area contributed by atoms with Gasteiger partial charge in [-0.05, 0) is 83.3 Å². The summed E-state index contributed by atoms with van der Waals surface area (Å²) in [6.45, 7) is 14.4. The third-order valence-corrected chi connectivity index (χ3v) is 6.08. The van der Waals surface area contributed by atoms with E-state index < -0.39 is 0 Å². The molecular formula is C20H40N4. The van der Waals surface area contributed by atoms with E-state index in [2.05, 4.69) is 43.2 Å². The lowest BCUT2D eigenvalue weighted by molar-refractivity contribution is 0.113. The van der Waals surface area contributed by atoms with E-state index in [1.165, 1.54) is 51.5 Å². The Morgan fingerprint density at radius 1 is 1.21 bits per heavy atom. The zero-order valence-electron chi connectivity index (χ0n) is 16.5. The van der Waals surface area contributed by atoms with Gasteiger partial charge >= 0.3 is 0 Å². The molecule has 0 aromatic heterocycles. The first-order valence-electron chi connectivity index (χ1n) is 10.4. The molecule has 2 aliphatic rings. The smallest absolute Gasteiger partial charge is 0.191 e. The van der Waals surface area contributed by atoms with E-state index in [1.54, 1.807) is 0 Å². The Morgan fingerprint density at radius 2 is 1.92 bits per heavy atom. The fourth-order valence-electron chi connectivity index (χ4n) is 4.05. The summed E-state index contributed by atoms with van der Waals surface area (Å²) in [6.07, 6.45) is 9.57. The molecule has 2 N–H and O–H groups in total. The molecule has 140 valence electrons. The van der Waals surface area contributed by atoms with Gasteiger partial charge in [-0.25, -0.2) is 0 Å². The molecule has 0 amide bonds. The molecule has 1 unspecified atom stereocenters. The van der Waals surface area contributed by atoms with Gasteiger partial charge in [-0.1, -0.05) is 20.3 Å². The number of nitrogens with one attached hydrogen (secondary N) is 2. The standard InChI is InChI=1S/C20H40N4/c1-5-21-19(22-16-20(13-9-14-20)18-11-12-18)23-17(4)10-8-15-24(6-2)7-3/h17-18H,5-16H2,1-4H3,(H2,21,22,23). The fourth-order valence-corrected chi connectivity index (χ4v) is 4.05. The lowest BCUT2D eigenvalue weighted by atomic mass is 9.65. The Kier molecular flexibility index (Phi) is 7.86. The third kappa shape index (κ3) is 5.65. The molecule has 4 nitrogen and oxygen atoms in total. The zero-order valence-corrected chi connectivity index (χ0v) is 16.5. The van der Waals surface area contributed by atoms with Crippen LogP contribution in [0, 0.1) is 11.3 Å². The van der Waals surface area contributed by atoms with Crippen LogP contribution in [0.5, 0.6) is 0 Å². The Balaban J connectivity index is 1.76. The molecule has 0 spiro atoms. The summed E-state index contributed by atoms with van der Waals surface area (Å²) in [5.74, 6) is 2.00. The van der Waals surface area contributed by atoms with Crippen molar-refractivity contribution in [3.8, 4) is 0 Å². The van der Waals surface area contributed by atoms with Crippen LogP contribution in [-0.4, -0.2) is 49.6 Å². The number of guanidine groups is 1. The van der Waals surface area contributed by atoms with Crippen molar-refractivity contribution in [1.29, 1.82) is 0 Å². The molecule has 2 fully saturated rings. The maximum absolute atomic E-state index is 4.97. The van der Waals surface area contributed by atoms with E-state index in [-0.39, 0.29) is 0 Å². The maximum atomic E-state index is 4.97. The van der Waals surface area contributed by atoms with Crippen LogP contribution in [0.1, 0.15) is 72.6 Å². The largest absolute Gasteiger partial charge is 0.357 e. The molecule has 2 rings (SSSR count). The highest BCUT2D eigenvalue weighted by Gasteiger charge is 2.48. The van der Waals surface area contributed by atoms with Crippen molar-refractivity contribution in [2.24, 2.45) is 16.3 Å². The minimum Gasteiger partial charge on any atom is -0.357 e. The van der Waals surface area contributed by atoms with Crippen LogP contribution in [0.4, 0.5) is 0 Å². The monoisotopic (exact) mass is 336 g/mol. The summed E-state index contributed by atoms with van der Waals surface area (Å²) in [4.78, 5) is 7.47. The van der Waals surface area contributed by atoms with Crippen molar-refractivity contribution in [3.63, 3.8) is 0 Å². The molecule has 1 atom stereocenters. The summed E-state index contributed by atoms with van der Waals surface area (Å²) in [7, 11) is 0. The summed E-state index contributed by atoms with van der Waals surface area (Å²) in [5, 5.41) is 7.07. The van der Waals surface area contributed by atoms with E-state index in [0.29, 0.717) is 11.5 Å². The van der Waals surface area contributed by atoms with E-state index >= 15 is 0 Å². The average molecular weight is 337 g/mol. The van der Waals surface area contributed by atoms with Gasteiger partial charge in [0.1, 0.15) is 0 Å². The van der Waals surface area contributed by atoms with Crippen molar-refractivity contribution >= 4 is 5.96 Å². The van der Waals surface area contributed by atoms with Crippen molar-refractivity contribution in [2.45, 2.75) is 78.7 Å². The number of rotatable bonds is 11. The van der Waals surface area contributed by atoms with Crippen LogP contribution in [0.15, 0.2) is 4.99 Å². The Bertz CT molecular complexity index is 381. The topological polar surface area (TPSA) is 39.7 Å². The number of nitrogens with zero attached hydrogens (tertiary/aromatic N) is 2. The van der Waals surface area contributed by atoms with Crippen molar-refractivity contribution in [1.82, 2.24) is 15.5 Å². The lowest BCUT2D eigenvalue weighted by Gasteiger charge is -2.41. The first-order valence-corrected chi connectivity index (χ1v) is 10.4. The van der Waals surface area contributed by atoms with E-state index in [9.17, 15) is 0 Å². The molecule has 24 heavy (non-hydrogen) atoms. The highest BCUT2D eigenvalue weighted by Crippen LogP contribution is 2.57. The van der Waals surface area contributed by atoms with Gasteiger partial charge in [0.15, 0.2) is 5.96 Å². The van der Waals surface area contributed by atoms with E-state index in [4.69, 9.17) is 4.99 Å². The van der Waals surface area contributed by atoms with E-state index in [0.717, 1.165) is 38.1 Å².